The maximum absolute atomic E-state index is 13.3. The Balaban J connectivity index is 2.11. The van der Waals surface area contributed by atoms with E-state index < -0.39 is 23.1 Å². The van der Waals surface area contributed by atoms with E-state index in [4.69, 9.17) is 0 Å². The summed E-state index contributed by atoms with van der Waals surface area (Å²) in [6.45, 7) is 3.04. The van der Waals surface area contributed by atoms with Crippen molar-refractivity contribution in [2.75, 3.05) is 0 Å². The fourth-order valence-corrected chi connectivity index (χ4v) is 3.82. The van der Waals surface area contributed by atoms with E-state index >= 15 is 0 Å². The van der Waals surface area contributed by atoms with E-state index in [1.54, 1.807) is 6.92 Å². The van der Waals surface area contributed by atoms with Crippen LogP contribution in [-0.4, -0.2) is 33.3 Å². The first-order valence-corrected chi connectivity index (χ1v) is 8.50. The maximum atomic E-state index is 13.3. The molecule has 28 heavy (non-hydrogen) atoms. The molecule has 0 saturated heterocycles. The Hall–Kier alpha value is -3.80. The van der Waals surface area contributed by atoms with Crippen LogP contribution in [0.5, 0.6) is 11.5 Å². The molecule has 0 bridgehead atoms. The van der Waals surface area contributed by atoms with Crippen LogP contribution in [0.4, 0.5) is 0 Å². The molecule has 4 rings (SSSR count). The van der Waals surface area contributed by atoms with E-state index in [0.717, 1.165) is 12.2 Å². The standard InChI is InChI=1S/C22H14O6/c1-9-8-15(26)19-13(24)6-7-14(25)20(19)16(9)17-10(2)21(27)11-4-3-5-12(23)18(11)22(17)28/h3-8,23,26H,1-2H3. The second-order valence-electron chi connectivity index (χ2n) is 6.76. The van der Waals surface area contributed by atoms with Gasteiger partial charge in [0.1, 0.15) is 11.5 Å². The zero-order valence-electron chi connectivity index (χ0n) is 15.0. The van der Waals surface area contributed by atoms with Crippen LogP contribution in [-0.2, 0) is 0 Å². The van der Waals surface area contributed by atoms with Crippen molar-refractivity contribution in [2.45, 2.75) is 13.8 Å². The smallest absolute Gasteiger partial charge is 0.198 e. The number of hydrogen-bond donors (Lipinski definition) is 2. The van der Waals surface area contributed by atoms with E-state index in [0.29, 0.717) is 5.56 Å². The lowest BCUT2D eigenvalue weighted by atomic mass is 9.76. The van der Waals surface area contributed by atoms with Crippen LogP contribution in [0.2, 0.25) is 0 Å². The number of aryl methyl sites for hydroxylation is 1. The number of phenolic OH excluding ortho intramolecular Hbond substituents is 2. The molecule has 0 saturated carbocycles. The lowest BCUT2D eigenvalue weighted by molar-refractivity contribution is 0.0985. The molecule has 6 nitrogen and oxygen atoms in total. The van der Waals surface area contributed by atoms with Crippen LogP contribution in [0.1, 0.15) is 59.5 Å². The summed E-state index contributed by atoms with van der Waals surface area (Å²) in [6.07, 6.45) is 2.13. The molecular weight excluding hydrogens is 360 g/mol. The third kappa shape index (κ3) is 2.21. The van der Waals surface area contributed by atoms with Gasteiger partial charge in [0.25, 0.3) is 0 Å². The first kappa shape index (κ1) is 17.6. The first-order valence-electron chi connectivity index (χ1n) is 8.50. The Kier molecular flexibility index (Phi) is 3.68. The van der Waals surface area contributed by atoms with Crippen LogP contribution in [0.3, 0.4) is 0 Å². The average molecular weight is 374 g/mol. The van der Waals surface area contributed by atoms with E-state index in [2.05, 4.69) is 0 Å². The Labute approximate surface area is 159 Å². The number of ketones is 4. The minimum absolute atomic E-state index is 0.0517. The van der Waals surface area contributed by atoms with Crippen LogP contribution in [0, 0.1) is 6.92 Å². The third-order valence-corrected chi connectivity index (χ3v) is 5.09. The van der Waals surface area contributed by atoms with Gasteiger partial charge in [-0.3, -0.25) is 19.2 Å². The van der Waals surface area contributed by atoms with Gasteiger partial charge in [0, 0.05) is 27.8 Å². The molecule has 0 spiro atoms. The van der Waals surface area contributed by atoms with Gasteiger partial charge in [-0.15, -0.1) is 0 Å². The molecule has 0 atom stereocenters. The molecule has 2 aliphatic carbocycles. The number of carbonyl (C=O) groups excluding carboxylic acids is 4. The molecule has 138 valence electrons. The number of fused-ring (bicyclic) bond motifs is 2. The third-order valence-electron chi connectivity index (χ3n) is 5.09. The number of phenols is 2. The quantitative estimate of drug-likeness (QED) is 0.793. The van der Waals surface area contributed by atoms with Crippen molar-refractivity contribution >= 4 is 28.7 Å². The van der Waals surface area contributed by atoms with Crippen molar-refractivity contribution in [2.24, 2.45) is 0 Å². The zero-order valence-corrected chi connectivity index (χ0v) is 15.0. The predicted molar refractivity (Wildman–Crippen MR) is 100 cm³/mol. The number of hydrogen-bond acceptors (Lipinski definition) is 6. The fourth-order valence-electron chi connectivity index (χ4n) is 3.82. The van der Waals surface area contributed by atoms with Crippen molar-refractivity contribution in [1.29, 1.82) is 0 Å². The largest absolute Gasteiger partial charge is 0.507 e. The highest BCUT2D eigenvalue weighted by molar-refractivity contribution is 6.42. The van der Waals surface area contributed by atoms with Gasteiger partial charge in [-0.05, 0) is 43.7 Å². The van der Waals surface area contributed by atoms with Gasteiger partial charge < -0.3 is 10.2 Å². The number of carbonyl (C=O) groups is 4. The van der Waals surface area contributed by atoms with Crippen molar-refractivity contribution in [3.8, 4) is 11.5 Å². The maximum Gasteiger partial charge on any atom is 0.198 e. The Morgan fingerprint density at radius 2 is 1.36 bits per heavy atom. The zero-order chi connectivity index (χ0) is 20.3. The Bertz CT molecular complexity index is 1210. The van der Waals surface area contributed by atoms with Gasteiger partial charge in [-0.1, -0.05) is 12.1 Å². The summed E-state index contributed by atoms with van der Waals surface area (Å²) >= 11 is 0. The van der Waals surface area contributed by atoms with Gasteiger partial charge in [-0.2, -0.15) is 0 Å². The Morgan fingerprint density at radius 3 is 2.04 bits per heavy atom. The van der Waals surface area contributed by atoms with Gasteiger partial charge in [0.05, 0.1) is 11.1 Å². The summed E-state index contributed by atoms with van der Waals surface area (Å²) in [5, 5.41) is 20.4. The summed E-state index contributed by atoms with van der Waals surface area (Å²) in [4.78, 5) is 51.0. The van der Waals surface area contributed by atoms with Crippen LogP contribution in [0.15, 0.2) is 42.0 Å². The Morgan fingerprint density at radius 1 is 0.714 bits per heavy atom. The minimum Gasteiger partial charge on any atom is -0.507 e. The number of Topliss-reactive ketones (excluding diaryl/α,β-unsaturated/α-hetero) is 2. The van der Waals surface area contributed by atoms with Crippen molar-refractivity contribution in [3.05, 3.63) is 75.4 Å². The monoisotopic (exact) mass is 374 g/mol. The fraction of sp³-hybridized carbons (Fsp3) is 0.0909. The molecule has 0 fully saturated rings. The molecule has 0 amide bonds. The van der Waals surface area contributed by atoms with Crippen molar-refractivity contribution in [1.82, 2.24) is 0 Å². The highest BCUT2D eigenvalue weighted by Crippen LogP contribution is 2.41. The summed E-state index contributed by atoms with van der Waals surface area (Å²) < 4.78 is 0. The molecule has 0 heterocycles. The molecule has 2 aromatic carbocycles. The summed E-state index contributed by atoms with van der Waals surface area (Å²) in [5.74, 6) is -2.89. The second-order valence-corrected chi connectivity index (χ2v) is 6.76. The molecule has 0 radical (unpaired) electrons. The van der Waals surface area contributed by atoms with Crippen molar-refractivity contribution in [3.63, 3.8) is 0 Å². The predicted octanol–water partition coefficient (Wildman–Crippen LogP) is 3.19. The molecule has 6 heteroatoms. The number of benzene rings is 2. The van der Waals surface area contributed by atoms with Crippen LogP contribution in [0.25, 0.3) is 5.57 Å². The molecular formula is C22H14O6. The topological polar surface area (TPSA) is 109 Å². The highest BCUT2D eigenvalue weighted by atomic mass is 16.3. The van der Waals surface area contributed by atoms with Crippen LogP contribution >= 0.6 is 0 Å². The summed E-state index contributed by atoms with van der Waals surface area (Å²) in [6, 6.07) is 5.51. The lowest BCUT2D eigenvalue weighted by Gasteiger charge is -2.24. The van der Waals surface area contributed by atoms with Crippen LogP contribution < -0.4 is 0 Å². The number of allylic oxidation sites excluding steroid dienone is 4. The minimum atomic E-state index is -0.615. The van der Waals surface area contributed by atoms with Gasteiger partial charge >= 0.3 is 0 Å². The van der Waals surface area contributed by atoms with E-state index in [9.17, 15) is 29.4 Å². The van der Waals surface area contributed by atoms with Gasteiger partial charge in [-0.25, -0.2) is 0 Å². The van der Waals surface area contributed by atoms with E-state index in [1.165, 1.54) is 31.2 Å². The summed E-state index contributed by atoms with van der Waals surface area (Å²) in [5.41, 5.74) is 0.176. The molecule has 2 aliphatic rings. The normalized spacial score (nSPS) is 15.8. The highest BCUT2D eigenvalue weighted by Gasteiger charge is 2.37. The SMILES string of the molecule is CC1=C(c2c(C)cc(O)c3c2C(=O)C=CC3=O)C(=O)c2c(O)cccc2C1=O. The van der Waals surface area contributed by atoms with Gasteiger partial charge in [0.15, 0.2) is 23.1 Å². The average Bonchev–Trinajstić information content (AvgIpc) is 2.64. The van der Waals surface area contributed by atoms with E-state index in [1.807, 2.05) is 0 Å². The molecule has 0 unspecified atom stereocenters. The number of rotatable bonds is 1. The van der Waals surface area contributed by atoms with Crippen molar-refractivity contribution < 1.29 is 29.4 Å². The molecule has 2 N–H and O–H groups in total. The van der Waals surface area contributed by atoms with E-state index in [-0.39, 0.29) is 50.5 Å². The molecule has 0 aliphatic heterocycles. The molecule has 0 aromatic heterocycles. The summed E-state index contributed by atoms with van der Waals surface area (Å²) in [7, 11) is 0. The van der Waals surface area contributed by atoms with Gasteiger partial charge in [0.2, 0.25) is 0 Å². The molecule has 2 aromatic rings. The second kappa shape index (κ2) is 5.85. The number of aromatic hydroxyl groups is 2. The lowest BCUT2D eigenvalue weighted by Crippen LogP contribution is -2.24. The first-order chi connectivity index (χ1) is 13.2.